The summed E-state index contributed by atoms with van der Waals surface area (Å²) in [7, 11) is 1.80. The first kappa shape index (κ1) is 15.6. The van der Waals surface area contributed by atoms with Crippen molar-refractivity contribution in [3.05, 3.63) is 35.6 Å². The summed E-state index contributed by atoms with van der Waals surface area (Å²) in [5.74, 6) is 0.934. The predicted molar refractivity (Wildman–Crippen MR) is 84.9 cm³/mol. The van der Waals surface area contributed by atoms with Crippen molar-refractivity contribution in [1.82, 2.24) is 4.90 Å². The molecule has 1 aromatic carbocycles. The number of carbonyl (C=O) groups is 1. The van der Waals surface area contributed by atoms with Crippen molar-refractivity contribution in [3.63, 3.8) is 0 Å². The van der Waals surface area contributed by atoms with E-state index in [4.69, 9.17) is 10.2 Å². The SMILES string of the molecule is CCCC(N)C(=O)N(C)Cc1c(CC)oc2ccccc12. The van der Waals surface area contributed by atoms with Crippen molar-refractivity contribution < 1.29 is 9.21 Å². The van der Waals surface area contributed by atoms with Gasteiger partial charge < -0.3 is 15.1 Å². The Morgan fingerprint density at radius 1 is 1.33 bits per heavy atom. The van der Waals surface area contributed by atoms with Crippen LogP contribution in [0.1, 0.15) is 38.0 Å². The molecule has 114 valence electrons. The molecule has 1 heterocycles. The Morgan fingerprint density at radius 3 is 2.71 bits per heavy atom. The van der Waals surface area contributed by atoms with Crippen LogP contribution in [0.4, 0.5) is 0 Å². The molecule has 4 nitrogen and oxygen atoms in total. The largest absolute Gasteiger partial charge is 0.461 e. The first-order valence-corrected chi connectivity index (χ1v) is 7.58. The second kappa shape index (κ2) is 6.76. The van der Waals surface area contributed by atoms with Crippen molar-refractivity contribution >= 4 is 16.9 Å². The molecule has 21 heavy (non-hydrogen) atoms. The summed E-state index contributed by atoms with van der Waals surface area (Å²) in [5.41, 5.74) is 7.89. The van der Waals surface area contributed by atoms with E-state index in [-0.39, 0.29) is 5.91 Å². The standard InChI is InChI=1S/C17H24N2O2/c1-4-8-14(18)17(20)19(3)11-13-12-9-6-7-10-16(12)21-15(13)5-2/h6-7,9-10,14H,4-5,8,11,18H2,1-3H3. The number of hydrogen-bond donors (Lipinski definition) is 1. The number of rotatable bonds is 6. The Hall–Kier alpha value is -1.81. The Balaban J connectivity index is 2.24. The lowest BCUT2D eigenvalue weighted by molar-refractivity contribution is -0.131. The molecular weight excluding hydrogens is 264 g/mol. The minimum atomic E-state index is -0.414. The first-order chi connectivity index (χ1) is 10.1. The van der Waals surface area contributed by atoms with Gasteiger partial charge in [0.25, 0.3) is 0 Å². The molecule has 0 spiro atoms. The van der Waals surface area contributed by atoms with E-state index in [1.165, 1.54) is 0 Å². The molecule has 0 saturated heterocycles. The van der Waals surface area contributed by atoms with Crippen molar-refractivity contribution in [2.75, 3.05) is 7.05 Å². The number of likely N-dealkylation sites (N-methyl/N-ethyl adjacent to an activating group) is 1. The minimum absolute atomic E-state index is 0.0100. The highest BCUT2D eigenvalue weighted by Crippen LogP contribution is 2.27. The summed E-state index contributed by atoms with van der Waals surface area (Å²) >= 11 is 0. The summed E-state index contributed by atoms with van der Waals surface area (Å²) in [4.78, 5) is 14.0. The van der Waals surface area contributed by atoms with E-state index >= 15 is 0 Å². The molecule has 0 fully saturated rings. The average Bonchev–Trinajstić information content (AvgIpc) is 2.84. The molecule has 1 aromatic heterocycles. The van der Waals surface area contributed by atoms with Crippen LogP contribution in [0.3, 0.4) is 0 Å². The topological polar surface area (TPSA) is 59.5 Å². The van der Waals surface area contributed by atoms with E-state index in [9.17, 15) is 4.79 Å². The zero-order valence-corrected chi connectivity index (χ0v) is 13.1. The first-order valence-electron chi connectivity index (χ1n) is 7.58. The van der Waals surface area contributed by atoms with Crippen LogP contribution in [0.2, 0.25) is 0 Å². The number of nitrogens with two attached hydrogens (primary N) is 1. The molecule has 0 radical (unpaired) electrons. The van der Waals surface area contributed by atoms with Crippen LogP contribution < -0.4 is 5.73 Å². The van der Waals surface area contributed by atoms with Crippen LogP contribution in [0, 0.1) is 0 Å². The fourth-order valence-electron chi connectivity index (χ4n) is 2.64. The molecule has 2 rings (SSSR count). The predicted octanol–water partition coefficient (Wildman–Crippen LogP) is 3.08. The van der Waals surface area contributed by atoms with E-state index in [0.29, 0.717) is 6.54 Å². The van der Waals surface area contributed by atoms with Gasteiger partial charge >= 0.3 is 0 Å². The molecule has 2 N–H and O–H groups in total. The number of carbonyl (C=O) groups excluding carboxylic acids is 1. The summed E-state index contributed by atoms with van der Waals surface area (Å²) in [6.45, 7) is 4.63. The van der Waals surface area contributed by atoms with Gasteiger partial charge in [-0.3, -0.25) is 4.79 Å². The van der Waals surface area contributed by atoms with E-state index in [0.717, 1.165) is 41.6 Å². The Morgan fingerprint density at radius 2 is 2.05 bits per heavy atom. The summed E-state index contributed by atoms with van der Waals surface area (Å²) in [6, 6.07) is 7.54. The van der Waals surface area contributed by atoms with Crippen molar-refractivity contribution in [2.45, 2.75) is 45.7 Å². The highest BCUT2D eigenvalue weighted by molar-refractivity contribution is 5.84. The van der Waals surface area contributed by atoms with Crippen LogP contribution in [0.5, 0.6) is 0 Å². The van der Waals surface area contributed by atoms with Gasteiger partial charge in [-0.1, -0.05) is 38.5 Å². The second-order valence-electron chi connectivity index (χ2n) is 5.44. The maximum Gasteiger partial charge on any atom is 0.239 e. The zero-order chi connectivity index (χ0) is 15.4. The number of benzene rings is 1. The molecule has 1 atom stereocenters. The molecular formula is C17H24N2O2. The van der Waals surface area contributed by atoms with Crippen LogP contribution >= 0.6 is 0 Å². The van der Waals surface area contributed by atoms with Crippen LogP contribution in [-0.2, 0) is 17.8 Å². The van der Waals surface area contributed by atoms with Gasteiger partial charge in [0.05, 0.1) is 6.04 Å². The van der Waals surface area contributed by atoms with Gasteiger partial charge in [-0.2, -0.15) is 0 Å². The third-order valence-electron chi connectivity index (χ3n) is 3.79. The summed E-state index contributed by atoms with van der Waals surface area (Å²) in [5, 5.41) is 1.08. The molecule has 4 heteroatoms. The lowest BCUT2D eigenvalue weighted by Crippen LogP contribution is -2.41. The third kappa shape index (κ3) is 3.27. The van der Waals surface area contributed by atoms with Gasteiger partial charge in [0.1, 0.15) is 11.3 Å². The second-order valence-corrected chi connectivity index (χ2v) is 5.44. The van der Waals surface area contributed by atoms with E-state index in [1.807, 2.05) is 31.2 Å². The molecule has 0 aliphatic carbocycles. The number of para-hydroxylation sites is 1. The highest BCUT2D eigenvalue weighted by atomic mass is 16.3. The Kier molecular flexibility index (Phi) is 5.02. The van der Waals surface area contributed by atoms with Gasteiger partial charge in [-0.25, -0.2) is 0 Å². The molecule has 0 bridgehead atoms. The lowest BCUT2D eigenvalue weighted by Gasteiger charge is -2.21. The van der Waals surface area contributed by atoms with Crippen LogP contribution in [0.15, 0.2) is 28.7 Å². The van der Waals surface area contributed by atoms with Crippen molar-refractivity contribution in [1.29, 1.82) is 0 Å². The number of furan rings is 1. The van der Waals surface area contributed by atoms with E-state index in [2.05, 4.69) is 6.92 Å². The quantitative estimate of drug-likeness (QED) is 0.888. The van der Waals surface area contributed by atoms with Crippen LogP contribution in [0.25, 0.3) is 11.0 Å². The number of amides is 1. The Labute approximate surface area is 125 Å². The van der Waals surface area contributed by atoms with Crippen molar-refractivity contribution in [3.8, 4) is 0 Å². The highest BCUT2D eigenvalue weighted by Gasteiger charge is 2.20. The van der Waals surface area contributed by atoms with Gasteiger partial charge in [0, 0.05) is 31.0 Å². The normalized spacial score (nSPS) is 12.6. The lowest BCUT2D eigenvalue weighted by atomic mass is 10.1. The van der Waals surface area contributed by atoms with E-state index in [1.54, 1.807) is 11.9 Å². The molecule has 0 saturated carbocycles. The number of fused-ring (bicyclic) bond motifs is 1. The summed E-state index contributed by atoms with van der Waals surface area (Å²) < 4.78 is 5.87. The van der Waals surface area contributed by atoms with Crippen molar-refractivity contribution in [2.24, 2.45) is 5.73 Å². The minimum Gasteiger partial charge on any atom is -0.461 e. The van der Waals surface area contributed by atoms with Gasteiger partial charge in [0.2, 0.25) is 5.91 Å². The molecule has 1 unspecified atom stereocenters. The van der Waals surface area contributed by atoms with E-state index < -0.39 is 6.04 Å². The number of hydrogen-bond acceptors (Lipinski definition) is 3. The molecule has 0 aliphatic heterocycles. The van der Waals surface area contributed by atoms with Gasteiger partial charge in [0.15, 0.2) is 0 Å². The monoisotopic (exact) mass is 288 g/mol. The molecule has 1 amide bonds. The maximum atomic E-state index is 12.3. The third-order valence-corrected chi connectivity index (χ3v) is 3.79. The number of aryl methyl sites for hydroxylation is 1. The average molecular weight is 288 g/mol. The van der Waals surface area contributed by atoms with Gasteiger partial charge in [-0.15, -0.1) is 0 Å². The fourth-order valence-corrected chi connectivity index (χ4v) is 2.64. The number of nitrogens with zero attached hydrogens (tertiary/aromatic N) is 1. The Bertz CT molecular complexity index is 618. The van der Waals surface area contributed by atoms with Crippen LogP contribution in [-0.4, -0.2) is 23.9 Å². The van der Waals surface area contributed by atoms with Gasteiger partial charge in [-0.05, 0) is 12.5 Å². The molecule has 0 aliphatic rings. The summed E-state index contributed by atoms with van der Waals surface area (Å²) in [6.07, 6.45) is 2.44. The maximum absolute atomic E-state index is 12.3. The zero-order valence-electron chi connectivity index (χ0n) is 13.1. The fraction of sp³-hybridized carbons (Fsp3) is 0.471. The smallest absolute Gasteiger partial charge is 0.239 e. The molecule has 2 aromatic rings.